The van der Waals surface area contributed by atoms with Gasteiger partial charge >= 0.3 is 0 Å². The minimum absolute atomic E-state index is 0.543. The molecule has 0 radical (unpaired) electrons. The zero-order valence-electron chi connectivity index (χ0n) is 10.8. The molecular weight excluding hydrogens is 214 g/mol. The maximum Gasteiger partial charge on any atom is 0.154 e. The van der Waals surface area contributed by atoms with Crippen LogP contribution in [0.1, 0.15) is 43.0 Å². The second-order valence-electron chi connectivity index (χ2n) is 4.34. The lowest BCUT2D eigenvalue weighted by Crippen LogP contribution is -2.27. The van der Waals surface area contributed by atoms with E-state index in [1.54, 1.807) is 0 Å². The van der Waals surface area contributed by atoms with Gasteiger partial charge in [-0.1, -0.05) is 13.8 Å². The molecule has 2 heterocycles. The molecule has 1 aromatic rings. The number of ether oxygens (including phenoxy) is 1. The molecule has 1 aliphatic rings. The van der Waals surface area contributed by atoms with Crippen LogP contribution in [0, 0.1) is 0 Å². The van der Waals surface area contributed by atoms with Crippen molar-refractivity contribution in [1.82, 2.24) is 15.3 Å². The highest BCUT2D eigenvalue weighted by Crippen LogP contribution is 2.16. The average molecular weight is 235 g/mol. The third-order valence-electron chi connectivity index (χ3n) is 2.98. The van der Waals surface area contributed by atoms with E-state index in [1.807, 2.05) is 0 Å². The predicted octanol–water partition coefficient (Wildman–Crippen LogP) is 1.61. The van der Waals surface area contributed by atoms with Crippen molar-refractivity contribution in [2.45, 2.75) is 46.3 Å². The van der Waals surface area contributed by atoms with Crippen LogP contribution in [0.4, 0.5) is 0 Å². The molecule has 1 aromatic heterocycles. The second kappa shape index (κ2) is 6.07. The van der Waals surface area contributed by atoms with Gasteiger partial charge in [-0.25, -0.2) is 9.97 Å². The van der Waals surface area contributed by atoms with Crippen molar-refractivity contribution in [1.29, 1.82) is 0 Å². The molecule has 0 unspecified atom stereocenters. The normalized spacial score (nSPS) is 14.7. The van der Waals surface area contributed by atoms with E-state index in [1.165, 1.54) is 17.0 Å². The van der Waals surface area contributed by atoms with Gasteiger partial charge in [-0.2, -0.15) is 0 Å². The van der Waals surface area contributed by atoms with Crippen LogP contribution in [-0.4, -0.2) is 23.1 Å². The smallest absolute Gasteiger partial charge is 0.154 e. The Morgan fingerprint density at radius 1 is 1.29 bits per heavy atom. The van der Waals surface area contributed by atoms with Crippen molar-refractivity contribution < 1.29 is 4.74 Å². The van der Waals surface area contributed by atoms with Gasteiger partial charge in [0.05, 0.1) is 5.69 Å². The number of hydrogen-bond acceptors (Lipinski definition) is 4. The Hall–Kier alpha value is -1.00. The van der Waals surface area contributed by atoms with E-state index in [-0.39, 0.29) is 0 Å². The van der Waals surface area contributed by atoms with Gasteiger partial charge < -0.3 is 10.1 Å². The molecule has 4 heteroatoms. The van der Waals surface area contributed by atoms with E-state index in [0.717, 1.165) is 44.8 Å². The lowest BCUT2D eigenvalue weighted by Gasteiger charge is -2.19. The molecule has 0 aromatic carbocycles. The first kappa shape index (κ1) is 12.5. The first-order valence-electron chi connectivity index (χ1n) is 6.51. The highest BCUT2D eigenvalue weighted by atomic mass is 16.5. The summed E-state index contributed by atoms with van der Waals surface area (Å²) >= 11 is 0. The van der Waals surface area contributed by atoms with Gasteiger partial charge in [0.2, 0.25) is 0 Å². The maximum absolute atomic E-state index is 5.52. The SMILES string of the molecule is CCCOCc1nc(CC)c2c(n1)CCNC2. The molecule has 0 atom stereocenters. The van der Waals surface area contributed by atoms with E-state index < -0.39 is 0 Å². The number of aryl methyl sites for hydroxylation is 1. The average Bonchev–Trinajstić information content (AvgIpc) is 2.38. The Kier molecular flexibility index (Phi) is 4.45. The van der Waals surface area contributed by atoms with Gasteiger partial charge in [-0.3, -0.25) is 0 Å². The van der Waals surface area contributed by atoms with Crippen LogP contribution in [0.3, 0.4) is 0 Å². The number of rotatable bonds is 5. The van der Waals surface area contributed by atoms with Crippen LogP contribution < -0.4 is 5.32 Å². The fourth-order valence-corrected chi connectivity index (χ4v) is 2.13. The Morgan fingerprint density at radius 2 is 2.18 bits per heavy atom. The van der Waals surface area contributed by atoms with Crippen LogP contribution in [0.25, 0.3) is 0 Å². The summed E-state index contributed by atoms with van der Waals surface area (Å²) in [6, 6.07) is 0. The number of nitrogens with one attached hydrogen (secondary N) is 1. The molecule has 0 saturated carbocycles. The minimum Gasteiger partial charge on any atom is -0.373 e. The summed E-state index contributed by atoms with van der Waals surface area (Å²) in [5.41, 5.74) is 3.70. The van der Waals surface area contributed by atoms with E-state index in [2.05, 4.69) is 29.1 Å². The lowest BCUT2D eigenvalue weighted by molar-refractivity contribution is 0.115. The van der Waals surface area contributed by atoms with Crippen LogP contribution in [0.5, 0.6) is 0 Å². The summed E-state index contributed by atoms with van der Waals surface area (Å²) < 4.78 is 5.52. The Morgan fingerprint density at radius 3 is 2.94 bits per heavy atom. The molecule has 4 nitrogen and oxygen atoms in total. The number of aromatic nitrogens is 2. The van der Waals surface area contributed by atoms with E-state index >= 15 is 0 Å². The molecule has 0 saturated heterocycles. The van der Waals surface area contributed by atoms with Crippen molar-refractivity contribution >= 4 is 0 Å². The molecule has 0 bridgehead atoms. The van der Waals surface area contributed by atoms with Crippen molar-refractivity contribution in [2.24, 2.45) is 0 Å². The van der Waals surface area contributed by atoms with E-state index in [0.29, 0.717) is 6.61 Å². The third kappa shape index (κ3) is 3.01. The van der Waals surface area contributed by atoms with Gasteiger partial charge in [0.15, 0.2) is 5.82 Å². The van der Waals surface area contributed by atoms with E-state index in [4.69, 9.17) is 4.74 Å². The topological polar surface area (TPSA) is 47.0 Å². The first-order valence-corrected chi connectivity index (χ1v) is 6.51. The molecule has 0 amide bonds. The molecular formula is C13H21N3O. The Labute approximate surface area is 103 Å². The standard InChI is InChI=1S/C13H21N3O/c1-3-7-17-9-13-15-11(4-2)10-8-14-6-5-12(10)16-13/h14H,3-9H2,1-2H3. The van der Waals surface area contributed by atoms with Crippen molar-refractivity contribution in [2.75, 3.05) is 13.2 Å². The van der Waals surface area contributed by atoms with Crippen LogP contribution in [0.2, 0.25) is 0 Å². The monoisotopic (exact) mass is 235 g/mol. The summed E-state index contributed by atoms with van der Waals surface area (Å²) in [5, 5.41) is 3.38. The fraction of sp³-hybridized carbons (Fsp3) is 0.692. The lowest BCUT2D eigenvalue weighted by atomic mass is 10.0. The molecule has 94 valence electrons. The fourth-order valence-electron chi connectivity index (χ4n) is 2.13. The minimum atomic E-state index is 0.543. The quantitative estimate of drug-likeness (QED) is 0.788. The molecule has 2 rings (SSSR count). The number of hydrogen-bond donors (Lipinski definition) is 1. The Bertz CT molecular complexity index is 362. The highest BCUT2D eigenvalue weighted by molar-refractivity contribution is 5.28. The number of fused-ring (bicyclic) bond motifs is 1. The van der Waals surface area contributed by atoms with Crippen LogP contribution in [-0.2, 0) is 30.7 Å². The van der Waals surface area contributed by atoms with Crippen molar-refractivity contribution in [3.8, 4) is 0 Å². The summed E-state index contributed by atoms with van der Waals surface area (Å²) in [7, 11) is 0. The summed E-state index contributed by atoms with van der Waals surface area (Å²) in [6.07, 6.45) is 3.01. The zero-order chi connectivity index (χ0) is 12.1. The largest absolute Gasteiger partial charge is 0.373 e. The summed E-state index contributed by atoms with van der Waals surface area (Å²) in [4.78, 5) is 9.22. The van der Waals surface area contributed by atoms with Crippen LogP contribution >= 0.6 is 0 Å². The van der Waals surface area contributed by atoms with Gasteiger partial charge in [0, 0.05) is 37.4 Å². The Balaban J connectivity index is 2.17. The predicted molar refractivity (Wildman–Crippen MR) is 66.8 cm³/mol. The molecule has 0 aliphatic carbocycles. The van der Waals surface area contributed by atoms with Crippen molar-refractivity contribution in [3.05, 3.63) is 22.8 Å². The van der Waals surface area contributed by atoms with Gasteiger partial charge in [0.1, 0.15) is 6.61 Å². The molecule has 1 N–H and O–H groups in total. The molecule has 0 fully saturated rings. The first-order chi connectivity index (χ1) is 8.35. The molecule has 17 heavy (non-hydrogen) atoms. The summed E-state index contributed by atoms with van der Waals surface area (Å²) in [5.74, 6) is 0.843. The third-order valence-corrected chi connectivity index (χ3v) is 2.98. The zero-order valence-corrected chi connectivity index (χ0v) is 10.8. The second-order valence-corrected chi connectivity index (χ2v) is 4.34. The molecule has 1 aliphatic heterocycles. The van der Waals surface area contributed by atoms with Crippen LogP contribution in [0.15, 0.2) is 0 Å². The van der Waals surface area contributed by atoms with Gasteiger partial charge in [-0.15, -0.1) is 0 Å². The summed E-state index contributed by atoms with van der Waals surface area (Å²) in [6.45, 7) is 7.51. The van der Waals surface area contributed by atoms with Crippen molar-refractivity contribution in [3.63, 3.8) is 0 Å². The molecule has 0 spiro atoms. The van der Waals surface area contributed by atoms with Gasteiger partial charge in [0.25, 0.3) is 0 Å². The van der Waals surface area contributed by atoms with E-state index in [9.17, 15) is 0 Å². The maximum atomic E-state index is 5.52. The van der Waals surface area contributed by atoms with Gasteiger partial charge in [-0.05, 0) is 12.8 Å². The number of nitrogens with zero attached hydrogens (tertiary/aromatic N) is 2. The highest BCUT2D eigenvalue weighted by Gasteiger charge is 2.16.